The molecule has 33 heavy (non-hydrogen) atoms. The molecule has 1 fully saturated rings. The second kappa shape index (κ2) is 20.8. The predicted molar refractivity (Wildman–Crippen MR) is 142 cm³/mol. The lowest BCUT2D eigenvalue weighted by atomic mass is 10.2. The first-order valence-corrected chi connectivity index (χ1v) is 12.6. The van der Waals surface area contributed by atoms with Gasteiger partial charge >= 0.3 is 0 Å². The summed E-state index contributed by atoms with van der Waals surface area (Å²) < 4.78 is 18.4. The number of hydrogen-bond acceptors (Lipinski definition) is 6. The van der Waals surface area contributed by atoms with Crippen molar-refractivity contribution in [2.75, 3.05) is 34.8 Å². The van der Waals surface area contributed by atoms with Crippen molar-refractivity contribution >= 4 is 17.1 Å². The second-order valence-corrected chi connectivity index (χ2v) is 8.43. The summed E-state index contributed by atoms with van der Waals surface area (Å²) in [7, 11) is 7.10. The lowest BCUT2D eigenvalue weighted by Gasteiger charge is -2.02. The van der Waals surface area contributed by atoms with Crippen LogP contribution in [0.1, 0.15) is 75.7 Å². The summed E-state index contributed by atoms with van der Waals surface area (Å²) in [6.07, 6.45) is 5.95. The van der Waals surface area contributed by atoms with E-state index in [0.29, 0.717) is 21.1 Å². The Balaban J connectivity index is 0. The number of aromatic nitrogens is 1. The molecule has 7 heteroatoms. The van der Waals surface area contributed by atoms with Crippen molar-refractivity contribution in [2.24, 2.45) is 5.92 Å². The van der Waals surface area contributed by atoms with E-state index < -0.39 is 5.82 Å². The number of ketones is 1. The standard InChI is InChI=1S/C13H12FNO2S.C6H12.C3H9N.C2H7N.C2H6/c1-7-12(8(2)16)18-13(15-7)9-4-5-11(17-3)10(14)6-9;1-6-4-2-3-5-6;1-3-4-2;1-3-2;1-2/h4-6H,1-3H3;6H,2-5H2,1H3;4H,3H2,1-2H3;3H,1-2H3;1-2H3. The summed E-state index contributed by atoms with van der Waals surface area (Å²) in [5, 5.41) is 6.32. The SMILES string of the molecule is CC.CC1CCCC1.CCNC.CNC.COc1ccc(-c2nc(C)c(C(C)=O)s2)cc1F. The Hall–Kier alpha value is -1.83. The van der Waals surface area contributed by atoms with Gasteiger partial charge in [-0.25, -0.2) is 9.37 Å². The van der Waals surface area contributed by atoms with Gasteiger partial charge in [0.1, 0.15) is 5.01 Å². The zero-order valence-corrected chi connectivity index (χ0v) is 23.2. The summed E-state index contributed by atoms with van der Waals surface area (Å²) in [6, 6.07) is 4.64. The van der Waals surface area contributed by atoms with Crippen LogP contribution in [0.3, 0.4) is 0 Å². The van der Waals surface area contributed by atoms with Gasteiger partial charge in [0.05, 0.1) is 17.7 Å². The average Bonchev–Trinajstić information content (AvgIpc) is 3.45. The largest absolute Gasteiger partial charge is 0.494 e. The fourth-order valence-corrected chi connectivity index (χ4v) is 3.73. The number of Topliss-reactive ketones (excluding diaryl/α,β-unsaturated/α-hetero) is 1. The van der Waals surface area contributed by atoms with Gasteiger partial charge in [0, 0.05) is 12.5 Å². The van der Waals surface area contributed by atoms with Gasteiger partial charge in [-0.2, -0.15) is 0 Å². The van der Waals surface area contributed by atoms with Crippen molar-refractivity contribution in [2.45, 2.75) is 67.2 Å². The number of nitrogens with zero attached hydrogens (tertiary/aromatic N) is 1. The van der Waals surface area contributed by atoms with E-state index in [4.69, 9.17) is 4.74 Å². The summed E-state index contributed by atoms with van der Waals surface area (Å²) in [5.74, 6) is 0.779. The minimum absolute atomic E-state index is 0.0229. The first-order valence-electron chi connectivity index (χ1n) is 11.8. The molecular formula is C26H46FN3O2S. The van der Waals surface area contributed by atoms with Crippen molar-refractivity contribution in [1.29, 1.82) is 0 Å². The Morgan fingerprint density at radius 2 is 1.73 bits per heavy atom. The highest BCUT2D eigenvalue weighted by Gasteiger charge is 2.14. The number of benzene rings is 1. The molecule has 1 aliphatic carbocycles. The topological polar surface area (TPSA) is 63.2 Å². The van der Waals surface area contributed by atoms with Crippen molar-refractivity contribution in [3.05, 3.63) is 34.6 Å². The van der Waals surface area contributed by atoms with Crippen molar-refractivity contribution in [1.82, 2.24) is 15.6 Å². The van der Waals surface area contributed by atoms with Gasteiger partial charge in [-0.1, -0.05) is 53.4 Å². The van der Waals surface area contributed by atoms with E-state index in [2.05, 4.69) is 29.5 Å². The van der Waals surface area contributed by atoms with Crippen LogP contribution >= 0.6 is 11.3 Å². The number of halogens is 1. The van der Waals surface area contributed by atoms with E-state index in [1.165, 1.54) is 57.1 Å². The molecule has 0 spiro atoms. The number of carbonyl (C=O) groups is 1. The van der Waals surface area contributed by atoms with Crippen LogP contribution in [0, 0.1) is 18.7 Å². The van der Waals surface area contributed by atoms with E-state index in [1.54, 1.807) is 19.1 Å². The molecule has 1 saturated carbocycles. The molecule has 1 aromatic heterocycles. The van der Waals surface area contributed by atoms with Gasteiger partial charge in [0.15, 0.2) is 17.3 Å². The Morgan fingerprint density at radius 3 is 2.03 bits per heavy atom. The van der Waals surface area contributed by atoms with Crippen LogP contribution in [0.4, 0.5) is 4.39 Å². The quantitative estimate of drug-likeness (QED) is 0.471. The molecule has 2 N–H and O–H groups in total. The Bertz CT molecular complexity index is 758. The predicted octanol–water partition coefficient (Wildman–Crippen LogP) is 6.75. The highest BCUT2D eigenvalue weighted by atomic mass is 32.1. The van der Waals surface area contributed by atoms with Gasteiger partial charge in [-0.05, 0) is 58.7 Å². The summed E-state index contributed by atoms with van der Waals surface area (Å²) in [5.41, 5.74) is 1.33. The molecule has 2 aromatic rings. The maximum Gasteiger partial charge on any atom is 0.171 e. The van der Waals surface area contributed by atoms with Crippen LogP contribution in [-0.4, -0.2) is 45.6 Å². The number of rotatable bonds is 4. The number of aryl methyl sites for hydroxylation is 1. The molecule has 0 aliphatic heterocycles. The third-order valence-electron chi connectivity index (χ3n) is 4.51. The van der Waals surface area contributed by atoms with Crippen molar-refractivity contribution in [3.63, 3.8) is 0 Å². The molecule has 190 valence electrons. The molecule has 1 aliphatic rings. The first-order chi connectivity index (χ1) is 15.7. The van der Waals surface area contributed by atoms with Crippen molar-refractivity contribution < 1.29 is 13.9 Å². The smallest absolute Gasteiger partial charge is 0.171 e. The van der Waals surface area contributed by atoms with Crippen LogP contribution in [0.2, 0.25) is 0 Å². The number of methoxy groups -OCH3 is 1. The maximum absolute atomic E-state index is 13.6. The molecule has 0 atom stereocenters. The van der Waals surface area contributed by atoms with Gasteiger partial charge in [0.2, 0.25) is 0 Å². The van der Waals surface area contributed by atoms with Crippen LogP contribution in [0.5, 0.6) is 5.75 Å². The normalized spacial score (nSPS) is 12.0. The Kier molecular flexibility index (Phi) is 21.0. The molecular weight excluding hydrogens is 437 g/mol. The third kappa shape index (κ3) is 14.1. The number of ether oxygens (including phenoxy) is 1. The highest BCUT2D eigenvalue weighted by Crippen LogP contribution is 2.30. The molecule has 0 saturated heterocycles. The van der Waals surface area contributed by atoms with E-state index in [0.717, 1.165) is 12.5 Å². The molecule has 0 radical (unpaired) electrons. The van der Waals surface area contributed by atoms with Gasteiger partial charge in [-0.15, -0.1) is 11.3 Å². The summed E-state index contributed by atoms with van der Waals surface area (Å²) in [6.45, 7) is 12.8. The molecule has 0 bridgehead atoms. The first kappa shape index (κ1) is 33.3. The maximum atomic E-state index is 13.6. The average molecular weight is 484 g/mol. The van der Waals surface area contributed by atoms with Gasteiger partial charge < -0.3 is 15.4 Å². The highest BCUT2D eigenvalue weighted by molar-refractivity contribution is 7.17. The Morgan fingerprint density at radius 1 is 1.21 bits per heavy atom. The van der Waals surface area contributed by atoms with Crippen molar-refractivity contribution in [3.8, 4) is 16.3 Å². The van der Waals surface area contributed by atoms with Gasteiger partial charge in [-0.3, -0.25) is 4.79 Å². The van der Waals surface area contributed by atoms with Crippen LogP contribution in [0.25, 0.3) is 10.6 Å². The van der Waals surface area contributed by atoms with E-state index >= 15 is 0 Å². The molecule has 0 amide bonds. The van der Waals surface area contributed by atoms with Gasteiger partial charge in [0.25, 0.3) is 0 Å². The van der Waals surface area contributed by atoms with Crippen LogP contribution < -0.4 is 15.4 Å². The minimum atomic E-state index is -0.438. The zero-order valence-electron chi connectivity index (χ0n) is 22.4. The number of carbonyl (C=O) groups excluding carboxylic acids is 1. The van der Waals surface area contributed by atoms with E-state index in [1.807, 2.05) is 35.0 Å². The van der Waals surface area contributed by atoms with Crippen LogP contribution in [-0.2, 0) is 0 Å². The summed E-state index contributed by atoms with van der Waals surface area (Å²) >= 11 is 1.27. The van der Waals surface area contributed by atoms with E-state index in [9.17, 15) is 9.18 Å². The van der Waals surface area contributed by atoms with Crippen LogP contribution in [0.15, 0.2) is 18.2 Å². The lowest BCUT2D eigenvalue weighted by Crippen LogP contribution is -2.01. The zero-order chi connectivity index (χ0) is 25.8. The molecule has 5 nitrogen and oxygen atoms in total. The second-order valence-electron chi connectivity index (χ2n) is 7.44. The number of hydrogen-bond donors (Lipinski definition) is 2. The monoisotopic (exact) mass is 483 g/mol. The number of nitrogens with one attached hydrogen (secondary N) is 2. The fourth-order valence-electron chi connectivity index (χ4n) is 2.78. The summed E-state index contributed by atoms with van der Waals surface area (Å²) in [4.78, 5) is 16.3. The van der Waals surface area contributed by atoms with E-state index in [-0.39, 0.29) is 11.5 Å². The fraction of sp³-hybridized carbons (Fsp3) is 0.615. The third-order valence-corrected chi connectivity index (χ3v) is 5.82. The number of thiazole rings is 1. The molecule has 1 heterocycles. The molecule has 0 unspecified atom stereocenters. The Labute approximate surface area is 205 Å². The molecule has 3 rings (SSSR count). The minimum Gasteiger partial charge on any atom is -0.494 e. The molecule has 1 aromatic carbocycles. The lowest BCUT2D eigenvalue weighted by molar-refractivity contribution is 0.102.